The minimum absolute atomic E-state index is 0.00230. The summed E-state index contributed by atoms with van der Waals surface area (Å²) in [6.07, 6.45) is 0.386. The van der Waals surface area contributed by atoms with Crippen molar-refractivity contribution in [1.29, 1.82) is 0 Å². The quantitative estimate of drug-likeness (QED) is 0.624. The number of rotatable bonds is 7. The molecule has 7 nitrogen and oxygen atoms in total. The van der Waals surface area contributed by atoms with Crippen LogP contribution < -0.4 is 10.5 Å². The number of amides is 1. The highest BCUT2D eigenvalue weighted by Crippen LogP contribution is 2.25. The molecule has 0 aliphatic carbocycles. The predicted molar refractivity (Wildman–Crippen MR) is 69.6 cm³/mol. The molecule has 0 atom stereocenters. The molecule has 0 spiro atoms. The van der Waals surface area contributed by atoms with Crippen molar-refractivity contribution in [2.75, 3.05) is 6.54 Å². The Bertz CT molecular complexity index is 591. The van der Waals surface area contributed by atoms with Gasteiger partial charge in [0.2, 0.25) is 15.9 Å². The van der Waals surface area contributed by atoms with Crippen molar-refractivity contribution in [2.45, 2.75) is 24.0 Å². The summed E-state index contributed by atoms with van der Waals surface area (Å²) in [5.74, 6) is -1.66. The highest BCUT2D eigenvalue weighted by atomic mass is 32.2. The number of aryl methyl sites for hydroxylation is 1. The average Bonchev–Trinajstić information content (AvgIpc) is 2.67. The first-order valence-electron chi connectivity index (χ1n) is 5.35. The minimum Gasteiger partial charge on any atom is -0.477 e. The molecule has 0 unspecified atom stereocenters. The van der Waals surface area contributed by atoms with Crippen molar-refractivity contribution in [3.8, 4) is 0 Å². The summed E-state index contributed by atoms with van der Waals surface area (Å²) in [7, 11) is -3.74. The topological polar surface area (TPSA) is 127 Å². The van der Waals surface area contributed by atoms with E-state index in [1.165, 1.54) is 13.0 Å². The number of nitrogens with one attached hydrogen (secondary N) is 1. The highest BCUT2D eigenvalue weighted by Gasteiger charge is 2.21. The average molecular weight is 306 g/mol. The summed E-state index contributed by atoms with van der Waals surface area (Å²) in [5.41, 5.74) is 5.33. The van der Waals surface area contributed by atoms with Gasteiger partial charge in [-0.15, -0.1) is 11.3 Å². The molecular formula is C10H14N2O5S2. The second-order valence-electron chi connectivity index (χ2n) is 3.85. The van der Waals surface area contributed by atoms with E-state index in [1.807, 2.05) is 0 Å². The van der Waals surface area contributed by atoms with Crippen LogP contribution in [0.25, 0.3) is 0 Å². The number of primary amides is 1. The standard InChI is InChI=1S/C10H14N2O5S2/c1-6-5-8(18-9(6)10(14)15)19(16,17)12-4-2-3-7(11)13/h5,12H,2-4H2,1H3,(H2,11,13)(H,14,15). The van der Waals surface area contributed by atoms with Gasteiger partial charge < -0.3 is 10.8 Å². The van der Waals surface area contributed by atoms with Gasteiger partial charge in [0, 0.05) is 13.0 Å². The number of nitrogens with two attached hydrogens (primary N) is 1. The summed E-state index contributed by atoms with van der Waals surface area (Å²) in [5, 5.41) is 8.86. The molecular weight excluding hydrogens is 292 g/mol. The van der Waals surface area contributed by atoms with Gasteiger partial charge in [-0.05, 0) is 25.0 Å². The molecule has 1 rings (SSSR count). The molecule has 4 N–H and O–H groups in total. The van der Waals surface area contributed by atoms with Gasteiger partial charge in [-0.3, -0.25) is 4.79 Å². The maximum Gasteiger partial charge on any atom is 0.346 e. The number of aromatic carboxylic acids is 1. The van der Waals surface area contributed by atoms with Crippen LogP contribution in [-0.4, -0.2) is 31.9 Å². The van der Waals surface area contributed by atoms with E-state index in [2.05, 4.69) is 4.72 Å². The summed E-state index contributed by atoms with van der Waals surface area (Å²) in [6.45, 7) is 1.61. The monoisotopic (exact) mass is 306 g/mol. The molecule has 0 aromatic carbocycles. The molecule has 0 aliphatic rings. The molecule has 0 aliphatic heterocycles. The summed E-state index contributed by atoms with van der Waals surface area (Å²) in [6, 6.07) is 1.31. The fourth-order valence-corrected chi connectivity index (χ4v) is 3.83. The third-order valence-electron chi connectivity index (χ3n) is 2.25. The van der Waals surface area contributed by atoms with E-state index < -0.39 is 21.9 Å². The van der Waals surface area contributed by atoms with Gasteiger partial charge in [-0.25, -0.2) is 17.9 Å². The van der Waals surface area contributed by atoms with Crippen LogP contribution in [-0.2, 0) is 14.8 Å². The lowest BCUT2D eigenvalue weighted by atomic mass is 10.3. The molecule has 0 radical (unpaired) electrons. The van der Waals surface area contributed by atoms with Crippen molar-refractivity contribution >= 4 is 33.2 Å². The maximum absolute atomic E-state index is 11.9. The first-order valence-corrected chi connectivity index (χ1v) is 7.65. The van der Waals surface area contributed by atoms with Crippen molar-refractivity contribution in [1.82, 2.24) is 4.72 Å². The Hall–Kier alpha value is -1.45. The predicted octanol–water partition coefficient (Wildman–Crippen LogP) is 0.299. The molecule has 19 heavy (non-hydrogen) atoms. The molecule has 9 heteroatoms. The number of hydrogen-bond donors (Lipinski definition) is 3. The zero-order valence-electron chi connectivity index (χ0n) is 10.2. The van der Waals surface area contributed by atoms with Crippen LogP contribution in [0.1, 0.15) is 28.1 Å². The van der Waals surface area contributed by atoms with Crippen molar-refractivity contribution in [3.63, 3.8) is 0 Å². The molecule has 0 saturated heterocycles. The van der Waals surface area contributed by atoms with Crippen LogP contribution >= 0.6 is 11.3 Å². The molecule has 1 aromatic rings. The fourth-order valence-electron chi connectivity index (χ4n) is 1.34. The van der Waals surface area contributed by atoms with E-state index in [0.29, 0.717) is 23.3 Å². The molecule has 1 heterocycles. The summed E-state index contributed by atoms with van der Waals surface area (Å²) >= 11 is 0.697. The number of carbonyl (C=O) groups is 2. The Morgan fingerprint density at radius 1 is 1.47 bits per heavy atom. The smallest absolute Gasteiger partial charge is 0.346 e. The van der Waals surface area contributed by atoms with Crippen molar-refractivity contribution < 1.29 is 23.1 Å². The second-order valence-corrected chi connectivity index (χ2v) is 6.90. The van der Waals surface area contributed by atoms with Crippen LogP contribution in [0, 0.1) is 6.92 Å². The Morgan fingerprint density at radius 2 is 2.11 bits per heavy atom. The Labute approximate surface area is 114 Å². The normalized spacial score (nSPS) is 11.4. The van der Waals surface area contributed by atoms with Crippen LogP contribution in [0.15, 0.2) is 10.3 Å². The van der Waals surface area contributed by atoms with Crippen LogP contribution in [0.3, 0.4) is 0 Å². The van der Waals surface area contributed by atoms with Gasteiger partial charge in [-0.1, -0.05) is 0 Å². The molecule has 0 bridgehead atoms. The zero-order chi connectivity index (χ0) is 14.6. The molecule has 1 aromatic heterocycles. The first-order chi connectivity index (χ1) is 8.74. The van der Waals surface area contributed by atoms with E-state index in [-0.39, 0.29) is 22.1 Å². The minimum atomic E-state index is -3.74. The third-order valence-corrected chi connectivity index (χ3v) is 5.41. The molecule has 1 amide bonds. The Kier molecular flexibility index (Phi) is 5.04. The third kappa shape index (κ3) is 4.30. The molecule has 0 fully saturated rings. The number of hydrogen-bond acceptors (Lipinski definition) is 5. The van der Waals surface area contributed by atoms with Crippen molar-refractivity contribution in [3.05, 3.63) is 16.5 Å². The van der Waals surface area contributed by atoms with E-state index in [0.717, 1.165) is 0 Å². The summed E-state index contributed by atoms with van der Waals surface area (Å²) in [4.78, 5) is 21.3. The number of carbonyl (C=O) groups excluding carboxylic acids is 1. The highest BCUT2D eigenvalue weighted by molar-refractivity contribution is 7.91. The Morgan fingerprint density at radius 3 is 2.58 bits per heavy atom. The number of thiophene rings is 1. The van der Waals surface area contributed by atoms with Gasteiger partial charge in [0.1, 0.15) is 9.09 Å². The summed E-state index contributed by atoms with van der Waals surface area (Å²) < 4.78 is 25.9. The van der Waals surface area contributed by atoms with E-state index >= 15 is 0 Å². The SMILES string of the molecule is Cc1cc(S(=O)(=O)NCCCC(N)=O)sc1C(=O)O. The van der Waals surface area contributed by atoms with Gasteiger partial charge >= 0.3 is 5.97 Å². The van der Waals surface area contributed by atoms with Gasteiger partial charge in [0.15, 0.2) is 0 Å². The van der Waals surface area contributed by atoms with E-state index in [1.54, 1.807) is 0 Å². The van der Waals surface area contributed by atoms with Gasteiger partial charge in [0.25, 0.3) is 0 Å². The zero-order valence-corrected chi connectivity index (χ0v) is 11.8. The van der Waals surface area contributed by atoms with Gasteiger partial charge in [0.05, 0.1) is 0 Å². The number of carboxylic acid groups (broad SMARTS) is 1. The van der Waals surface area contributed by atoms with Crippen LogP contribution in [0.2, 0.25) is 0 Å². The lowest BCUT2D eigenvalue weighted by Gasteiger charge is -2.03. The molecule has 0 saturated carbocycles. The largest absolute Gasteiger partial charge is 0.477 e. The first kappa shape index (κ1) is 15.6. The Balaban J connectivity index is 2.75. The van der Waals surface area contributed by atoms with Crippen LogP contribution in [0.5, 0.6) is 0 Å². The second kappa shape index (κ2) is 6.13. The fraction of sp³-hybridized carbons (Fsp3) is 0.400. The lowest BCUT2D eigenvalue weighted by Crippen LogP contribution is -2.25. The number of sulfonamides is 1. The maximum atomic E-state index is 11.9. The van der Waals surface area contributed by atoms with Gasteiger partial charge in [-0.2, -0.15) is 0 Å². The van der Waals surface area contributed by atoms with Crippen molar-refractivity contribution in [2.24, 2.45) is 5.73 Å². The van der Waals surface area contributed by atoms with E-state index in [9.17, 15) is 18.0 Å². The lowest BCUT2D eigenvalue weighted by molar-refractivity contribution is -0.118. The van der Waals surface area contributed by atoms with Crippen LogP contribution in [0.4, 0.5) is 0 Å². The molecule has 106 valence electrons. The number of carboxylic acids is 1. The van der Waals surface area contributed by atoms with E-state index in [4.69, 9.17) is 10.8 Å².